The second-order valence-electron chi connectivity index (χ2n) is 7.29. The van der Waals surface area contributed by atoms with E-state index in [4.69, 9.17) is 0 Å². The molecule has 1 fully saturated rings. The molecule has 6 heteroatoms. The van der Waals surface area contributed by atoms with Crippen molar-refractivity contribution in [2.24, 2.45) is 5.92 Å². The first-order valence-corrected chi connectivity index (χ1v) is 9.30. The molecule has 0 radical (unpaired) electrons. The van der Waals surface area contributed by atoms with Crippen molar-refractivity contribution in [2.75, 3.05) is 19.6 Å². The molecule has 0 aliphatic carbocycles. The molecule has 0 unspecified atom stereocenters. The molecule has 1 aliphatic heterocycles. The molecule has 0 spiro atoms. The van der Waals surface area contributed by atoms with Crippen molar-refractivity contribution >= 4 is 5.91 Å². The third-order valence-electron chi connectivity index (χ3n) is 5.09. The highest BCUT2D eigenvalue weighted by Crippen LogP contribution is 2.18. The first-order valence-electron chi connectivity index (χ1n) is 9.30. The summed E-state index contributed by atoms with van der Waals surface area (Å²) in [6.07, 6.45) is 5.57. The van der Waals surface area contributed by atoms with Crippen LogP contribution in [0, 0.1) is 11.7 Å². The second-order valence-corrected chi connectivity index (χ2v) is 7.29. The number of nitrogens with one attached hydrogen (secondary N) is 1. The topological polar surface area (TPSA) is 50.2 Å². The van der Waals surface area contributed by atoms with Gasteiger partial charge in [-0.3, -0.25) is 4.79 Å². The van der Waals surface area contributed by atoms with Gasteiger partial charge in [-0.25, -0.2) is 9.37 Å². The fourth-order valence-electron chi connectivity index (χ4n) is 3.47. The number of likely N-dealkylation sites (tertiary alicyclic amines) is 1. The summed E-state index contributed by atoms with van der Waals surface area (Å²) >= 11 is 0. The number of benzene rings is 1. The summed E-state index contributed by atoms with van der Waals surface area (Å²) in [5.41, 5.74) is 0.804. The van der Waals surface area contributed by atoms with Crippen molar-refractivity contribution in [3.63, 3.8) is 0 Å². The van der Waals surface area contributed by atoms with Gasteiger partial charge in [0.1, 0.15) is 5.82 Å². The SMILES string of the molecule is CC(C)N1CCC(CNC(=O)c2nccn2Cc2cccc(F)c2)CC1. The van der Waals surface area contributed by atoms with Gasteiger partial charge in [-0.15, -0.1) is 0 Å². The molecule has 1 amide bonds. The Balaban J connectivity index is 1.54. The van der Waals surface area contributed by atoms with Crippen molar-refractivity contribution in [1.29, 1.82) is 0 Å². The molecule has 2 heterocycles. The predicted molar refractivity (Wildman–Crippen MR) is 99.5 cm³/mol. The van der Waals surface area contributed by atoms with E-state index in [0.29, 0.717) is 30.9 Å². The number of imidazole rings is 1. The van der Waals surface area contributed by atoms with Crippen LogP contribution < -0.4 is 5.32 Å². The zero-order valence-corrected chi connectivity index (χ0v) is 15.5. The Morgan fingerprint density at radius 3 is 2.81 bits per heavy atom. The van der Waals surface area contributed by atoms with Gasteiger partial charge >= 0.3 is 0 Å². The summed E-state index contributed by atoms with van der Waals surface area (Å²) in [5.74, 6) is 0.438. The van der Waals surface area contributed by atoms with Crippen LogP contribution in [0.4, 0.5) is 4.39 Å². The maximum Gasteiger partial charge on any atom is 0.287 e. The van der Waals surface area contributed by atoms with Crippen LogP contribution in [0.15, 0.2) is 36.7 Å². The molecule has 0 bridgehead atoms. The minimum Gasteiger partial charge on any atom is -0.349 e. The average Bonchev–Trinajstić information content (AvgIpc) is 3.08. The van der Waals surface area contributed by atoms with E-state index < -0.39 is 0 Å². The molecule has 140 valence electrons. The largest absolute Gasteiger partial charge is 0.349 e. The van der Waals surface area contributed by atoms with Gasteiger partial charge in [-0.2, -0.15) is 0 Å². The normalized spacial score (nSPS) is 16.2. The van der Waals surface area contributed by atoms with E-state index in [9.17, 15) is 9.18 Å². The molecular formula is C20H27FN4O. The number of nitrogens with zero attached hydrogens (tertiary/aromatic N) is 3. The van der Waals surface area contributed by atoms with Gasteiger partial charge in [-0.05, 0) is 63.4 Å². The van der Waals surface area contributed by atoms with Gasteiger partial charge in [0.15, 0.2) is 5.82 Å². The van der Waals surface area contributed by atoms with E-state index in [1.807, 2.05) is 6.07 Å². The van der Waals surface area contributed by atoms with Crippen molar-refractivity contribution in [2.45, 2.75) is 39.3 Å². The maximum atomic E-state index is 13.4. The van der Waals surface area contributed by atoms with Crippen LogP contribution in [0.5, 0.6) is 0 Å². The second kappa shape index (κ2) is 8.45. The molecule has 0 atom stereocenters. The van der Waals surface area contributed by atoms with Crippen LogP contribution in [0.25, 0.3) is 0 Å². The van der Waals surface area contributed by atoms with E-state index in [-0.39, 0.29) is 11.7 Å². The highest BCUT2D eigenvalue weighted by atomic mass is 19.1. The van der Waals surface area contributed by atoms with Crippen LogP contribution >= 0.6 is 0 Å². The number of piperidine rings is 1. The van der Waals surface area contributed by atoms with Crippen LogP contribution in [-0.4, -0.2) is 46.0 Å². The van der Waals surface area contributed by atoms with Crippen molar-refractivity contribution in [3.05, 3.63) is 53.9 Å². The van der Waals surface area contributed by atoms with Crippen LogP contribution in [0.3, 0.4) is 0 Å². The summed E-state index contributed by atoms with van der Waals surface area (Å²) in [6.45, 7) is 7.73. The quantitative estimate of drug-likeness (QED) is 0.864. The van der Waals surface area contributed by atoms with Gasteiger partial charge in [0.2, 0.25) is 0 Å². The molecule has 1 aromatic carbocycles. The summed E-state index contributed by atoms with van der Waals surface area (Å²) in [6, 6.07) is 6.98. The van der Waals surface area contributed by atoms with E-state index >= 15 is 0 Å². The van der Waals surface area contributed by atoms with Crippen LogP contribution in [-0.2, 0) is 6.54 Å². The Morgan fingerprint density at radius 1 is 1.35 bits per heavy atom. The lowest BCUT2D eigenvalue weighted by atomic mass is 9.96. The lowest BCUT2D eigenvalue weighted by Crippen LogP contribution is -2.41. The third kappa shape index (κ3) is 4.69. The molecule has 1 aliphatic rings. The summed E-state index contributed by atoms with van der Waals surface area (Å²) < 4.78 is 15.1. The Bertz CT molecular complexity index is 735. The highest BCUT2D eigenvalue weighted by molar-refractivity contribution is 5.90. The smallest absolute Gasteiger partial charge is 0.287 e. The number of hydrogen-bond donors (Lipinski definition) is 1. The lowest BCUT2D eigenvalue weighted by molar-refractivity contribution is 0.0915. The third-order valence-corrected chi connectivity index (χ3v) is 5.09. The molecule has 1 saturated heterocycles. The molecule has 5 nitrogen and oxygen atoms in total. The molecule has 2 aromatic rings. The number of amides is 1. The first kappa shape index (κ1) is 18.6. The molecule has 1 aromatic heterocycles. The summed E-state index contributed by atoms with van der Waals surface area (Å²) in [4.78, 5) is 19.2. The highest BCUT2D eigenvalue weighted by Gasteiger charge is 2.22. The molecule has 3 rings (SSSR count). The van der Waals surface area contributed by atoms with Crippen LogP contribution in [0.1, 0.15) is 42.9 Å². The monoisotopic (exact) mass is 358 g/mol. The Morgan fingerprint density at radius 2 is 2.12 bits per heavy atom. The summed E-state index contributed by atoms with van der Waals surface area (Å²) in [7, 11) is 0. The van der Waals surface area contributed by atoms with Gasteiger partial charge < -0.3 is 14.8 Å². The fourth-order valence-corrected chi connectivity index (χ4v) is 3.47. The molecule has 1 N–H and O–H groups in total. The van der Waals surface area contributed by atoms with Gasteiger partial charge in [0.05, 0.1) is 0 Å². The zero-order valence-electron chi connectivity index (χ0n) is 15.5. The number of carbonyl (C=O) groups excluding carboxylic acids is 1. The number of hydrogen-bond acceptors (Lipinski definition) is 3. The van der Waals surface area contributed by atoms with Crippen LogP contribution in [0.2, 0.25) is 0 Å². The first-order chi connectivity index (χ1) is 12.5. The Hall–Kier alpha value is -2.21. The lowest BCUT2D eigenvalue weighted by Gasteiger charge is -2.34. The number of aromatic nitrogens is 2. The number of rotatable bonds is 6. The fraction of sp³-hybridized carbons (Fsp3) is 0.500. The standard InChI is InChI=1S/C20H27FN4O/c1-15(2)24-9-6-16(7-10-24)13-23-20(26)19-22-8-11-25(19)14-17-4-3-5-18(21)12-17/h3-5,8,11-12,15-16H,6-7,9-10,13-14H2,1-2H3,(H,23,26). The maximum absolute atomic E-state index is 13.4. The Kier molecular flexibility index (Phi) is 6.04. The van der Waals surface area contributed by atoms with Gasteiger partial charge in [0.25, 0.3) is 5.91 Å². The summed E-state index contributed by atoms with van der Waals surface area (Å²) in [5, 5.41) is 3.02. The van der Waals surface area contributed by atoms with E-state index in [1.165, 1.54) is 12.1 Å². The van der Waals surface area contributed by atoms with Crippen molar-refractivity contribution < 1.29 is 9.18 Å². The minimum absolute atomic E-state index is 0.169. The molecule has 0 saturated carbocycles. The van der Waals surface area contributed by atoms with Crippen molar-refractivity contribution in [3.8, 4) is 0 Å². The molecular weight excluding hydrogens is 331 g/mol. The number of halogens is 1. The van der Waals surface area contributed by atoms with Gasteiger partial charge in [0, 0.05) is 31.5 Å². The van der Waals surface area contributed by atoms with E-state index in [0.717, 1.165) is 31.5 Å². The van der Waals surface area contributed by atoms with Crippen molar-refractivity contribution in [1.82, 2.24) is 19.8 Å². The zero-order chi connectivity index (χ0) is 18.5. The van der Waals surface area contributed by atoms with Gasteiger partial charge in [-0.1, -0.05) is 12.1 Å². The minimum atomic E-state index is -0.277. The predicted octanol–water partition coefficient (Wildman–Crippen LogP) is 2.92. The number of carbonyl (C=O) groups is 1. The van der Waals surface area contributed by atoms with E-state index in [2.05, 4.69) is 29.0 Å². The van der Waals surface area contributed by atoms with E-state index in [1.54, 1.807) is 23.0 Å². The average molecular weight is 358 g/mol. The molecule has 26 heavy (non-hydrogen) atoms. The Labute approximate surface area is 154 Å².